The van der Waals surface area contributed by atoms with Crippen LogP contribution in [0.25, 0.3) is 0 Å². The topological polar surface area (TPSA) is 89.1 Å². The molecule has 1 amide bonds. The van der Waals surface area contributed by atoms with Crippen LogP contribution in [-0.4, -0.2) is 44.5 Å². The van der Waals surface area contributed by atoms with Crippen LogP contribution in [0, 0.1) is 6.92 Å². The molecule has 1 saturated heterocycles. The zero-order valence-electron chi connectivity index (χ0n) is 14.0. The molecule has 24 heavy (non-hydrogen) atoms. The molecule has 0 aromatic carbocycles. The van der Waals surface area contributed by atoms with Crippen LogP contribution in [0.5, 0.6) is 0 Å². The van der Waals surface area contributed by atoms with Crippen LogP contribution in [0.4, 0.5) is 6.01 Å². The van der Waals surface area contributed by atoms with Crippen LogP contribution in [0.15, 0.2) is 16.8 Å². The van der Waals surface area contributed by atoms with E-state index in [-0.39, 0.29) is 11.9 Å². The first-order valence-corrected chi connectivity index (χ1v) is 8.52. The summed E-state index contributed by atoms with van der Waals surface area (Å²) >= 11 is 0. The van der Waals surface area contributed by atoms with E-state index >= 15 is 0 Å². The molecule has 3 heterocycles. The molecular weight excluding hydrogens is 308 g/mol. The van der Waals surface area contributed by atoms with Gasteiger partial charge in [0, 0.05) is 31.7 Å². The Morgan fingerprint density at radius 3 is 2.83 bits per heavy atom. The number of carbonyl (C=O) groups excluding carboxylic acids is 1. The van der Waals surface area contributed by atoms with Crippen molar-refractivity contribution < 1.29 is 9.21 Å². The lowest BCUT2D eigenvalue weighted by Gasteiger charge is -2.36. The molecule has 1 saturated carbocycles. The zero-order valence-corrected chi connectivity index (χ0v) is 14.0. The molecule has 1 aliphatic carbocycles. The maximum Gasteiger partial charge on any atom is 0.318 e. The van der Waals surface area contributed by atoms with Crippen LogP contribution < -0.4 is 10.2 Å². The van der Waals surface area contributed by atoms with Gasteiger partial charge in [-0.25, -0.2) is 0 Å². The molecule has 1 N–H and O–H groups in total. The van der Waals surface area contributed by atoms with Crippen LogP contribution in [0.3, 0.4) is 0 Å². The van der Waals surface area contributed by atoms with Gasteiger partial charge in [0.2, 0.25) is 5.89 Å². The van der Waals surface area contributed by atoms with Crippen molar-refractivity contribution >= 4 is 11.9 Å². The average Bonchev–Trinajstić information content (AvgIpc) is 3.13. The smallest absolute Gasteiger partial charge is 0.318 e. The Hall–Kier alpha value is -2.38. The van der Waals surface area contributed by atoms with Gasteiger partial charge < -0.3 is 14.6 Å². The highest BCUT2D eigenvalue weighted by Crippen LogP contribution is 2.34. The first kappa shape index (κ1) is 15.2. The molecule has 2 fully saturated rings. The van der Waals surface area contributed by atoms with E-state index < -0.39 is 0 Å². The summed E-state index contributed by atoms with van der Waals surface area (Å²) in [5.41, 5.74) is 0.626. The van der Waals surface area contributed by atoms with Gasteiger partial charge in [0.1, 0.15) is 0 Å². The fourth-order valence-electron chi connectivity index (χ4n) is 3.16. The number of nitrogens with zero attached hydrogens (tertiary/aromatic N) is 5. The number of aryl methyl sites for hydroxylation is 1. The number of nitrogens with one attached hydrogen (secondary N) is 1. The summed E-state index contributed by atoms with van der Waals surface area (Å²) in [4.78, 5) is 14.5. The molecule has 4 rings (SSSR count). The Morgan fingerprint density at radius 2 is 2.12 bits per heavy atom. The van der Waals surface area contributed by atoms with Crippen molar-refractivity contribution in [3.63, 3.8) is 0 Å². The zero-order chi connectivity index (χ0) is 16.7. The lowest BCUT2D eigenvalue weighted by molar-refractivity contribution is 0.0930. The molecule has 2 aromatic heterocycles. The minimum Gasteiger partial charge on any atom is -0.408 e. The lowest BCUT2D eigenvalue weighted by atomic mass is 9.99. The number of hydrogen-bond acceptors (Lipinski definition) is 6. The minimum absolute atomic E-state index is 0.0604. The normalized spacial score (nSPS) is 24.2. The Bertz CT molecular complexity index is 735. The quantitative estimate of drug-likeness (QED) is 0.918. The van der Waals surface area contributed by atoms with Gasteiger partial charge >= 0.3 is 6.01 Å². The maximum atomic E-state index is 12.5. The fourth-order valence-corrected chi connectivity index (χ4v) is 3.16. The summed E-state index contributed by atoms with van der Waals surface area (Å²) in [7, 11) is 0. The fraction of sp³-hybridized carbons (Fsp3) is 0.625. The number of anilines is 1. The highest BCUT2D eigenvalue weighted by Gasteiger charge is 2.30. The molecule has 0 spiro atoms. The largest absolute Gasteiger partial charge is 0.408 e. The van der Waals surface area contributed by atoms with Crippen LogP contribution in [-0.2, 0) is 0 Å². The minimum atomic E-state index is -0.0666. The van der Waals surface area contributed by atoms with Gasteiger partial charge in [-0.2, -0.15) is 5.10 Å². The number of rotatable bonds is 4. The van der Waals surface area contributed by atoms with Crippen molar-refractivity contribution in [2.24, 2.45) is 0 Å². The summed E-state index contributed by atoms with van der Waals surface area (Å²) in [6, 6.07) is 1.39. The van der Waals surface area contributed by atoms with Crippen molar-refractivity contribution in [2.75, 3.05) is 11.4 Å². The van der Waals surface area contributed by atoms with E-state index in [9.17, 15) is 4.79 Å². The van der Waals surface area contributed by atoms with Crippen molar-refractivity contribution in [1.29, 1.82) is 0 Å². The van der Waals surface area contributed by atoms with Gasteiger partial charge in [0.15, 0.2) is 0 Å². The monoisotopic (exact) mass is 330 g/mol. The van der Waals surface area contributed by atoms with E-state index in [1.54, 1.807) is 13.1 Å². The van der Waals surface area contributed by atoms with Crippen molar-refractivity contribution in [1.82, 2.24) is 25.3 Å². The average molecular weight is 330 g/mol. The number of piperidine rings is 1. The molecular formula is C16H22N6O2. The Kier molecular flexibility index (Phi) is 3.74. The summed E-state index contributed by atoms with van der Waals surface area (Å²) < 4.78 is 7.44. The summed E-state index contributed by atoms with van der Waals surface area (Å²) in [5.74, 6) is 0.485. The number of aromatic nitrogens is 4. The highest BCUT2D eigenvalue weighted by molar-refractivity contribution is 5.93. The third kappa shape index (κ3) is 3.00. The van der Waals surface area contributed by atoms with Gasteiger partial charge in [-0.1, -0.05) is 5.10 Å². The molecule has 1 aliphatic heterocycles. The molecule has 2 atom stereocenters. The van der Waals surface area contributed by atoms with Gasteiger partial charge in [-0.05, 0) is 32.6 Å². The molecule has 128 valence electrons. The second-order valence-corrected chi connectivity index (χ2v) is 6.79. The van der Waals surface area contributed by atoms with E-state index in [0.29, 0.717) is 36.1 Å². The van der Waals surface area contributed by atoms with E-state index in [1.807, 2.05) is 10.9 Å². The third-order valence-electron chi connectivity index (χ3n) is 4.76. The van der Waals surface area contributed by atoms with Crippen molar-refractivity contribution in [3.05, 3.63) is 23.8 Å². The van der Waals surface area contributed by atoms with Crippen molar-refractivity contribution in [2.45, 2.75) is 57.7 Å². The van der Waals surface area contributed by atoms with Crippen molar-refractivity contribution in [3.8, 4) is 0 Å². The van der Waals surface area contributed by atoms with E-state index in [4.69, 9.17) is 4.42 Å². The van der Waals surface area contributed by atoms with Crippen LogP contribution in [0.2, 0.25) is 0 Å². The van der Waals surface area contributed by atoms with Crippen LogP contribution >= 0.6 is 0 Å². The lowest BCUT2D eigenvalue weighted by Crippen LogP contribution is -2.51. The number of amides is 1. The molecule has 2 aliphatic rings. The van der Waals surface area contributed by atoms with E-state index in [0.717, 1.165) is 25.7 Å². The molecule has 8 heteroatoms. The summed E-state index contributed by atoms with van der Waals surface area (Å²) in [6.07, 6.45) is 7.71. The van der Waals surface area contributed by atoms with E-state index in [1.165, 1.54) is 0 Å². The van der Waals surface area contributed by atoms with Gasteiger partial charge in [-0.15, -0.1) is 5.10 Å². The highest BCUT2D eigenvalue weighted by atomic mass is 16.4. The predicted octanol–water partition coefficient (Wildman–Crippen LogP) is 1.70. The second kappa shape index (κ2) is 5.92. The second-order valence-electron chi connectivity index (χ2n) is 6.79. The van der Waals surface area contributed by atoms with Gasteiger partial charge in [0.05, 0.1) is 17.8 Å². The molecule has 0 bridgehead atoms. The third-order valence-corrected chi connectivity index (χ3v) is 4.76. The van der Waals surface area contributed by atoms with Gasteiger partial charge in [0.25, 0.3) is 5.91 Å². The van der Waals surface area contributed by atoms with E-state index in [2.05, 4.69) is 32.4 Å². The molecule has 8 nitrogen and oxygen atoms in total. The number of carbonyl (C=O) groups is 1. The molecule has 2 unspecified atom stereocenters. The summed E-state index contributed by atoms with van der Waals surface area (Å²) in [6.45, 7) is 4.59. The first-order chi connectivity index (χ1) is 11.6. The SMILES string of the molecule is Cc1nnc(N2CC(NC(=O)c3cnn(C4CC4)c3)CCC2C)o1. The molecule has 2 aromatic rings. The van der Waals surface area contributed by atoms with Crippen LogP contribution in [0.1, 0.15) is 54.9 Å². The Balaban J connectivity index is 1.41. The summed E-state index contributed by atoms with van der Waals surface area (Å²) in [5, 5.41) is 15.4. The first-order valence-electron chi connectivity index (χ1n) is 8.52. The number of hydrogen-bond donors (Lipinski definition) is 1. The molecule has 0 radical (unpaired) electrons. The van der Waals surface area contributed by atoms with Gasteiger partial charge in [-0.3, -0.25) is 9.48 Å². The Labute approximate surface area is 140 Å². The predicted molar refractivity (Wildman–Crippen MR) is 86.8 cm³/mol. The Morgan fingerprint density at radius 1 is 1.29 bits per heavy atom. The standard InChI is InChI=1S/C16H22N6O2/c1-10-3-4-13(9-21(10)16-20-19-11(2)24-16)18-15(23)12-7-17-22(8-12)14-5-6-14/h7-8,10,13-14H,3-6,9H2,1-2H3,(H,18,23). The maximum absolute atomic E-state index is 12.5.